The predicted molar refractivity (Wildman–Crippen MR) is 89.8 cm³/mol. The van der Waals surface area contributed by atoms with Gasteiger partial charge in [-0.25, -0.2) is 0 Å². The van der Waals surface area contributed by atoms with Crippen molar-refractivity contribution in [3.05, 3.63) is 65.2 Å². The van der Waals surface area contributed by atoms with E-state index < -0.39 is 0 Å². The van der Waals surface area contributed by atoms with Crippen molar-refractivity contribution >= 4 is 11.5 Å². The van der Waals surface area contributed by atoms with Gasteiger partial charge in [0.2, 0.25) is 0 Å². The van der Waals surface area contributed by atoms with E-state index in [9.17, 15) is 9.90 Å². The van der Waals surface area contributed by atoms with Crippen LogP contribution < -0.4 is 4.74 Å². The zero-order valence-corrected chi connectivity index (χ0v) is 13.5. The maximum Gasteiger partial charge on any atom is 0.193 e. The van der Waals surface area contributed by atoms with Crippen molar-refractivity contribution in [2.45, 2.75) is 13.3 Å². The van der Waals surface area contributed by atoms with Gasteiger partial charge < -0.3 is 14.6 Å². The number of benzene rings is 2. The van der Waals surface area contributed by atoms with Gasteiger partial charge in [0.15, 0.2) is 17.3 Å². The van der Waals surface area contributed by atoms with Gasteiger partial charge in [0.1, 0.15) is 5.76 Å². The number of hydrogen-bond donors (Lipinski definition) is 1. The summed E-state index contributed by atoms with van der Waals surface area (Å²) in [6.07, 6.45) is 2.64. The highest BCUT2D eigenvalue weighted by atomic mass is 16.5. The minimum absolute atomic E-state index is 0.0810. The van der Waals surface area contributed by atoms with E-state index in [-0.39, 0.29) is 11.5 Å². The summed E-state index contributed by atoms with van der Waals surface area (Å²) < 4.78 is 10.6. The van der Waals surface area contributed by atoms with Crippen molar-refractivity contribution in [1.82, 2.24) is 0 Å². The van der Waals surface area contributed by atoms with Gasteiger partial charge in [-0.3, -0.25) is 4.79 Å². The Morgan fingerprint density at radius 2 is 1.83 bits per heavy atom. The van der Waals surface area contributed by atoms with Crippen LogP contribution in [0.1, 0.15) is 34.8 Å². The molecule has 0 amide bonds. The van der Waals surface area contributed by atoms with E-state index in [1.807, 2.05) is 19.1 Å². The number of ketones is 1. The van der Waals surface area contributed by atoms with Gasteiger partial charge in [-0.05, 0) is 24.6 Å². The van der Waals surface area contributed by atoms with Crippen molar-refractivity contribution in [3.63, 3.8) is 0 Å². The van der Waals surface area contributed by atoms with E-state index in [0.717, 1.165) is 6.42 Å². The molecule has 0 aliphatic rings. The Kier molecular flexibility index (Phi) is 5.41. The molecule has 0 aliphatic heterocycles. The molecule has 0 unspecified atom stereocenters. The molecular weight excluding hydrogens is 292 g/mol. The fourth-order valence-corrected chi connectivity index (χ4v) is 2.36. The molecule has 0 radical (unpaired) electrons. The zero-order chi connectivity index (χ0) is 16.8. The molecule has 0 spiro atoms. The standard InChI is InChI=1S/C19H20O4/c1-4-8-17(22-2)14-12-18(23-3)16(20)11-15(14)19(21)13-9-6-5-7-10-13/h5-12,20H,4H2,1-3H3. The third-order valence-electron chi connectivity index (χ3n) is 3.47. The summed E-state index contributed by atoms with van der Waals surface area (Å²) >= 11 is 0. The molecule has 0 fully saturated rings. The Hall–Kier alpha value is -2.75. The number of phenolic OH excluding ortho intramolecular Hbond substituents is 1. The molecule has 4 nitrogen and oxygen atoms in total. The van der Waals surface area contributed by atoms with E-state index in [1.165, 1.54) is 13.2 Å². The summed E-state index contributed by atoms with van der Waals surface area (Å²) in [5, 5.41) is 10.1. The molecule has 1 N–H and O–H groups in total. The van der Waals surface area contributed by atoms with Crippen molar-refractivity contribution < 1.29 is 19.4 Å². The maximum atomic E-state index is 12.8. The molecule has 0 aliphatic carbocycles. The van der Waals surface area contributed by atoms with Crippen molar-refractivity contribution in [2.24, 2.45) is 0 Å². The second-order valence-electron chi connectivity index (χ2n) is 4.95. The molecule has 120 valence electrons. The number of aromatic hydroxyl groups is 1. The fraction of sp³-hybridized carbons (Fsp3) is 0.211. The minimum Gasteiger partial charge on any atom is -0.504 e. The first-order valence-electron chi connectivity index (χ1n) is 7.37. The van der Waals surface area contributed by atoms with Gasteiger partial charge in [0.25, 0.3) is 0 Å². The number of rotatable bonds is 6. The summed E-state index contributed by atoms with van der Waals surface area (Å²) in [6, 6.07) is 12.0. The number of carbonyl (C=O) groups excluding carboxylic acids is 1. The van der Waals surface area contributed by atoms with Crippen LogP contribution in [0.15, 0.2) is 48.5 Å². The number of ether oxygens (including phenoxy) is 2. The summed E-state index contributed by atoms with van der Waals surface area (Å²) in [6.45, 7) is 1.98. The Morgan fingerprint density at radius 1 is 1.13 bits per heavy atom. The lowest BCUT2D eigenvalue weighted by atomic mass is 9.96. The van der Waals surface area contributed by atoms with Crippen molar-refractivity contribution in [3.8, 4) is 11.5 Å². The number of allylic oxidation sites excluding steroid dienone is 1. The lowest BCUT2D eigenvalue weighted by Crippen LogP contribution is -2.06. The largest absolute Gasteiger partial charge is 0.504 e. The quantitative estimate of drug-likeness (QED) is 0.646. The Morgan fingerprint density at radius 3 is 2.39 bits per heavy atom. The Labute approximate surface area is 136 Å². The fourth-order valence-electron chi connectivity index (χ4n) is 2.36. The van der Waals surface area contributed by atoms with Crippen molar-refractivity contribution in [2.75, 3.05) is 14.2 Å². The predicted octanol–water partition coefficient (Wildman–Crippen LogP) is 4.03. The highest BCUT2D eigenvalue weighted by molar-refractivity contribution is 6.11. The lowest BCUT2D eigenvalue weighted by Gasteiger charge is -2.14. The van der Waals surface area contributed by atoms with Crippen LogP contribution >= 0.6 is 0 Å². The van der Waals surface area contributed by atoms with Gasteiger partial charge >= 0.3 is 0 Å². The van der Waals surface area contributed by atoms with E-state index in [1.54, 1.807) is 37.4 Å². The topological polar surface area (TPSA) is 55.8 Å². The molecule has 0 aromatic heterocycles. The summed E-state index contributed by atoms with van der Waals surface area (Å²) in [5.74, 6) is 0.605. The molecule has 0 heterocycles. The van der Waals surface area contributed by atoms with E-state index >= 15 is 0 Å². The molecule has 2 aromatic carbocycles. The van der Waals surface area contributed by atoms with Crippen LogP contribution in [-0.2, 0) is 4.74 Å². The third kappa shape index (κ3) is 3.54. The second kappa shape index (κ2) is 7.49. The summed E-state index contributed by atoms with van der Waals surface area (Å²) in [5.41, 5.74) is 1.51. The minimum atomic E-state index is -0.183. The first kappa shape index (κ1) is 16.6. The molecule has 2 rings (SSSR count). The third-order valence-corrected chi connectivity index (χ3v) is 3.47. The first-order valence-corrected chi connectivity index (χ1v) is 7.37. The monoisotopic (exact) mass is 312 g/mol. The molecule has 23 heavy (non-hydrogen) atoms. The van der Waals surface area contributed by atoms with Gasteiger partial charge in [-0.1, -0.05) is 37.3 Å². The molecular formula is C19H20O4. The van der Waals surface area contributed by atoms with E-state index in [4.69, 9.17) is 9.47 Å². The first-order chi connectivity index (χ1) is 11.1. The molecule has 2 aromatic rings. The highest BCUT2D eigenvalue weighted by Gasteiger charge is 2.20. The average molecular weight is 312 g/mol. The average Bonchev–Trinajstić information content (AvgIpc) is 2.59. The highest BCUT2D eigenvalue weighted by Crippen LogP contribution is 2.34. The Balaban J connectivity index is 2.64. The van der Waals surface area contributed by atoms with Gasteiger partial charge in [-0.15, -0.1) is 0 Å². The van der Waals surface area contributed by atoms with Gasteiger partial charge in [0, 0.05) is 16.7 Å². The number of phenols is 1. The van der Waals surface area contributed by atoms with Crippen LogP contribution in [0, 0.1) is 0 Å². The number of hydrogen-bond acceptors (Lipinski definition) is 4. The zero-order valence-electron chi connectivity index (χ0n) is 13.5. The molecule has 0 bridgehead atoms. The van der Waals surface area contributed by atoms with Gasteiger partial charge in [-0.2, -0.15) is 0 Å². The van der Waals surface area contributed by atoms with Crippen molar-refractivity contribution in [1.29, 1.82) is 0 Å². The van der Waals surface area contributed by atoms with Crippen LogP contribution in [0.3, 0.4) is 0 Å². The lowest BCUT2D eigenvalue weighted by molar-refractivity contribution is 0.103. The van der Waals surface area contributed by atoms with E-state index in [0.29, 0.717) is 28.2 Å². The van der Waals surface area contributed by atoms with Crippen LogP contribution in [0.5, 0.6) is 11.5 Å². The van der Waals surface area contributed by atoms with Crippen LogP contribution in [-0.4, -0.2) is 25.1 Å². The van der Waals surface area contributed by atoms with E-state index in [2.05, 4.69) is 0 Å². The Bertz CT molecular complexity index is 718. The summed E-state index contributed by atoms with van der Waals surface area (Å²) in [4.78, 5) is 12.8. The second-order valence-corrected chi connectivity index (χ2v) is 4.95. The molecule has 0 saturated heterocycles. The number of carbonyl (C=O) groups is 1. The SMILES string of the molecule is CCC=C(OC)c1cc(OC)c(O)cc1C(=O)c1ccccc1. The van der Waals surface area contributed by atoms with Gasteiger partial charge in [0.05, 0.1) is 14.2 Å². The smallest absolute Gasteiger partial charge is 0.193 e. The van der Waals surface area contributed by atoms with Crippen LogP contribution in [0.2, 0.25) is 0 Å². The number of methoxy groups -OCH3 is 2. The van der Waals surface area contributed by atoms with Crippen LogP contribution in [0.4, 0.5) is 0 Å². The molecule has 4 heteroatoms. The van der Waals surface area contributed by atoms with Crippen LogP contribution in [0.25, 0.3) is 5.76 Å². The maximum absolute atomic E-state index is 12.8. The summed E-state index contributed by atoms with van der Waals surface area (Å²) in [7, 11) is 3.02. The molecule has 0 saturated carbocycles. The molecule has 0 atom stereocenters. The normalized spacial score (nSPS) is 11.2.